The van der Waals surface area contributed by atoms with E-state index >= 15 is 0 Å². The van der Waals surface area contributed by atoms with Crippen molar-refractivity contribution in [3.63, 3.8) is 0 Å². The molecule has 0 saturated heterocycles. The Morgan fingerprint density at radius 2 is 1.75 bits per heavy atom. The minimum atomic E-state index is -1.08. The van der Waals surface area contributed by atoms with Crippen LogP contribution in [0.4, 0.5) is 4.79 Å². The van der Waals surface area contributed by atoms with Crippen LogP contribution in [0.3, 0.4) is 0 Å². The largest absolute Gasteiger partial charge is 0.480 e. The maximum atomic E-state index is 12.0. The van der Waals surface area contributed by atoms with E-state index < -0.39 is 11.5 Å². The summed E-state index contributed by atoms with van der Waals surface area (Å²) in [5.41, 5.74) is -1.08. The Morgan fingerprint density at radius 3 is 2.15 bits per heavy atom. The molecule has 1 rings (SSSR count). The summed E-state index contributed by atoms with van der Waals surface area (Å²) in [6, 6.07) is -0.246. The Labute approximate surface area is 121 Å². The van der Waals surface area contributed by atoms with E-state index in [1.54, 1.807) is 0 Å². The molecule has 5 heteroatoms. The van der Waals surface area contributed by atoms with Gasteiger partial charge in [-0.2, -0.15) is 0 Å². The van der Waals surface area contributed by atoms with Gasteiger partial charge in [0.15, 0.2) is 0 Å². The fraction of sp³-hybridized carbons (Fsp3) is 0.867. The molecule has 1 fully saturated rings. The third-order valence-electron chi connectivity index (χ3n) is 4.62. The van der Waals surface area contributed by atoms with Crippen molar-refractivity contribution >= 4 is 12.0 Å². The SMILES string of the molecule is CCC1CCC(NC(=O)NC(CC)CC)(C(=O)O)CC1. The van der Waals surface area contributed by atoms with E-state index in [9.17, 15) is 14.7 Å². The van der Waals surface area contributed by atoms with Crippen LogP contribution in [-0.4, -0.2) is 28.7 Å². The van der Waals surface area contributed by atoms with E-state index in [4.69, 9.17) is 0 Å². The number of amides is 2. The molecule has 0 aromatic rings. The van der Waals surface area contributed by atoms with Gasteiger partial charge in [0.25, 0.3) is 0 Å². The minimum absolute atomic E-state index is 0.104. The van der Waals surface area contributed by atoms with Crippen LogP contribution in [-0.2, 0) is 4.79 Å². The molecule has 0 aromatic carbocycles. The van der Waals surface area contributed by atoms with Gasteiger partial charge >= 0.3 is 12.0 Å². The number of carboxylic acids is 1. The molecule has 0 radical (unpaired) electrons. The molecule has 0 atom stereocenters. The molecular weight excluding hydrogens is 256 g/mol. The lowest BCUT2D eigenvalue weighted by molar-refractivity contribution is -0.146. The number of carboxylic acid groups (broad SMARTS) is 1. The second-order valence-electron chi connectivity index (χ2n) is 5.85. The molecule has 0 unspecified atom stereocenters. The van der Waals surface area contributed by atoms with Gasteiger partial charge in [0.2, 0.25) is 0 Å². The third kappa shape index (κ3) is 4.12. The monoisotopic (exact) mass is 284 g/mol. The van der Waals surface area contributed by atoms with Crippen LogP contribution >= 0.6 is 0 Å². The summed E-state index contributed by atoms with van der Waals surface area (Å²) in [7, 11) is 0. The van der Waals surface area contributed by atoms with Crippen LogP contribution < -0.4 is 10.6 Å². The van der Waals surface area contributed by atoms with Crippen LogP contribution in [0.15, 0.2) is 0 Å². The molecule has 0 bridgehead atoms. The topological polar surface area (TPSA) is 78.4 Å². The average Bonchev–Trinajstić information content (AvgIpc) is 2.45. The summed E-state index contributed by atoms with van der Waals surface area (Å²) in [6.07, 6.45) is 5.57. The van der Waals surface area contributed by atoms with Crippen molar-refractivity contribution in [3.05, 3.63) is 0 Å². The summed E-state index contributed by atoms with van der Waals surface area (Å²) >= 11 is 0. The molecule has 3 N–H and O–H groups in total. The van der Waals surface area contributed by atoms with Gasteiger partial charge in [-0.05, 0) is 44.4 Å². The number of carbonyl (C=O) groups is 2. The maximum absolute atomic E-state index is 12.0. The maximum Gasteiger partial charge on any atom is 0.329 e. The highest BCUT2D eigenvalue weighted by Gasteiger charge is 2.43. The number of urea groups is 1. The first-order valence-electron chi connectivity index (χ1n) is 7.79. The fourth-order valence-electron chi connectivity index (χ4n) is 2.90. The zero-order valence-electron chi connectivity index (χ0n) is 12.9. The van der Waals surface area contributed by atoms with Crippen molar-refractivity contribution in [2.75, 3.05) is 0 Å². The summed E-state index contributed by atoms with van der Waals surface area (Å²) < 4.78 is 0. The quantitative estimate of drug-likeness (QED) is 0.701. The van der Waals surface area contributed by atoms with Crippen LogP contribution in [0.25, 0.3) is 0 Å². The lowest BCUT2D eigenvalue weighted by Gasteiger charge is -2.37. The Morgan fingerprint density at radius 1 is 1.20 bits per heavy atom. The average molecular weight is 284 g/mol. The van der Waals surface area contributed by atoms with Gasteiger partial charge < -0.3 is 15.7 Å². The van der Waals surface area contributed by atoms with E-state index in [-0.39, 0.29) is 12.1 Å². The lowest BCUT2D eigenvalue weighted by Crippen LogP contribution is -2.59. The molecule has 1 saturated carbocycles. The van der Waals surface area contributed by atoms with Gasteiger partial charge in [-0.25, -0.2) is 9.59 Å². The number of rotatable bonds is 6. The standard InChI is InChI=1S/C15H28N2O3/c1-4-11-7-9-15(10-8-11,13(18)19)17-14(20)16-12(5-2)6-3/h11-12H,4-10H2,1-3H3,(H,18,19)(H2,16,17,20). The lowest BCUT2D eigenvalue weighted by atomic mass is 9.75. The molecular formula is C15H28N2O3. The van der Waals surface area contributed by atoms with Gasteiger partial charge in [-0.15, -0.1) is 0 Å². The van der Waals surface area contributed by atoms with E-state index in [1.807, 2.05) is 13.8 Å². The van der Waals surface area contributed by atoms with Gasteiger partial charge in [0.05, 0.1) is 0 Å². The fourth-order valence-corrected chi connectivity index (χ4v) is 2.90. The van der Waals surface area contributed by atoms with Crippen molar-refractivity contribution in [2.45, 2.75) is 77.3 Å². The predicted molar refractivity (Wildman–Crippen MR) is 78.7 cm³/mol. The predicted octanol–water partition coefficient (Wildman–Crippen LogP) is 2.90. The molecule has 0 aliphatic heterocycles. The van der Waals surface area contributed by atoms with Crippen LogP contribution in [0, 0.1) is 5.92 Å². The molecule has 0 aromatic heterocycles. The Balaban J connectivity index is 2.64. The van der Waals surface area contributed by atoms with E-state index in [0.29, 0.717) is 18.8 Å². The smallest absolute Gasteiger partial charge is 0.329 e. The van der Waals surface area contributed by atoms with Crippen molar-refractivity contribution in [3.8, 4) is 0 Å². The van der Waals surface area contributed by atoms with Crippen LogP contribution in [0.2, 0.25) is 0 Å². The van der Waals surface area contributed by atoms with Crippen molar-refractivity contribution in [1.29, 1.82) is 0 Å². The highest BCUT2D eigenvalue weighted by Crippen LogP contribution is 2.34. The van der Waals surface area contributed by atoms with Crippen LogP contribution in [0.1, 0.15) is 65.7 Å². The van der Waals surface area contributed by atoms with Crippen molar-refractivity contribution < 1.29 is 14.7 Å². The van der Waals surface area contributed by atoms with Crippen molar-refractivity contribution in [2.24, 2.45) is 5.92 Å². The normalized spacial score (nSPS) is 26.3. The molecule has 0 heterocycles. The molecule has 20 heavy (non-hydrogen) atoms. The van der Waals surface area contributed by atoms with Gasteiger partial charge in [-0.1, -0.05) is 27.2 Å². The molecule has 0 spiro atoms. The zero-order chi connectivity index (χ0) is 15.2. The van der Waals surface area contributed by atoms with E-state index in [1.165, 1.54) is 0 Å². The van der Waals surface area contributed by atoms with Crippen molar-refractivity contribution in [1.82, 2.24) is 10.6 Å². The zero-order valence-corrected chi connectivity index (χ0v) is 12.9. The summed E-state index contributed by atoms with van der Waals surface area (Å²) in [5.74, 6) is -0.321. The number of aliphatic carboxylic acids is 1. The number of carbonyl (C=O) groups excluding carboxylic acids is 1. The Bertz CT molecular complexity index is 332. The van der Waals surface area contributed by atoms with Gasteiger partial charge in [0.1, 0.15) is 5.54 Å². The minimum Gasteiger partial charge on any atom is -0.480 e. The third-order valence-corrected chi connectivity index (χ3v) is 4.62. The Hall–Kier alpha value is -1.26. The van der Waals surface area contributed by atoms with E-state index in [0.717, 1.165) is 32.1 Å². The van der Waals surface area contributed by atoms with Crippen LogP contribution in [0.5, 0.6) is 0 Å². The number of hydrogen-bond acceptors (Lipinski definition) is 2. The second-order valence-corrected chi connectivity index (χ2v) is 5.85. The highest BCUT2D eigenvalue weighted by molar-refractivity contribution is 5.86. The van der Waals surface area contributed by atoms with Gasteiger partial charge in [-0.3, -0.25) is 0 Å². The summed E-state index contributed by atoms with van der Waals surface area (Å²) in [5, 5.41) is 15.1. The first-order chi connectivity index (χ1) is 9.47. The van der Waals surface area contributed by atoms with Gasteiger partial charge in [0, 0.05) is 6.04 Å². The highest BCUT2D eigenvalue weighted by atomic mass is 16.4. The summed E-state index contributed by atoms with van der Waals surface area (Å²) in [6.45, 7) is 6.15. The molecule has 1 aliphatic rings. The van der Waals surface area contributed by atoms with E-state index in [2.05, 4.69) is 17.6 Å². The summed E-state index contributed by atoms with van der Waals surface area (Å²) in [4.78, 5) is 23.6. The first kappa shape index (κ1) is 16.8. The Kier molecular flexibility index (Phi) is 6.30. The molecule has 1 aliphatic carbocycles. The molecule has 5 nitrogen and oxygen atoms in total. The number of nitrogens with one attached hydrogen (secondary N) is 2. The number of hydrogen-bond donors (Lipinski definition) is 3. The second kappa shape index (κ2) is 7.50. The molecule has 2 amide bonds. The first-order valence-corrected chi connectivity index (χ1v) is 7.79. The molecule has 116 valence electrons.